The SMILES string of the molecule is O=C(C1CCCOC1)C1CCCO1. The fourth-order valence-electron chi connectivity index (χ4n) is 2.03. The molecule has 0 N–H and O–H groups in total. The molecule has 2 atom stereocenters. The second-order valence-corrected chi connectivity index (χ2v) is 3.82. The van der Waals surface area contributed by atoms with Crippen LogP contribution in [-0.4, -0.2) is 31.7 Å². The van der Waals surface area contributed by atoms with Crippen molar-refractivity contribution in [1.29, 1.82) is 0 Å². The average Bonchev–Trinajstić information content (AvgIpc) is 2.71. The molecule has 0 aromatic carbocycles. The summed E-state index contributed by atoms with van der Waals surface area (Å²) in [6.45, 7) is 2.18. The van der Waals surface area contributed by atoms with Crippen LogP contribution in [0, 0.1) is 5.92 Å². The predicted molar refractivity (Wildman–Crippen MR) is 47.5 cm³/mol. The predicted octanol–water partition coefficient (Wildman–Crippen LogP) is 1.16. The van der Waals surface area contributed by atoms with Crippen LogP contribution in [0.4, 0.5) is 0 Å². The maximum Gasteiger partial charge on any atom is 0.166 e. The topological polar surface area (TPSA) is 35.5 Å². The van der Waals surface area contributed by atoms with Crippen LogP contribution in [-0.2, 0) is 14.3 Å². The van der Waals surface area contributed by atoms with E-state index in [-0.39, 0.29) is 17.8 Å². The van der Waals surface area contributed by atoms with Crippen LogP contribution >= 0.6 is 0 Å². The molecule has 3 heteroatoms. The minimum atomic E-state index is -0.119. The van der Waals surface area contributed by atoms with E-state index >= 15 is 0 Å². The van der Waals surface area contributed by atoms with Crippen molar-refractivity contribution in [3.05, 3.63) is 0 Å². The molecule has 74 valence electrons. The number of ketones is 1. The van der Waals surface area contributed by atoms with E-state index in [1.165, 1.54) is 0 Å². The molecule has 2 saturated heterocycles. The zero-order chi connectivity index (χ0) is 9.10. The van der Waals surface area contributed by atoms with Gasteiger partial charge in [-0.15, -0.1) is 0 Å². The summed E-state index contributed by atoms with van der Waals surface area (Å²) in [5.41, 5.74) is 0. The first-order chi connectivity index (χ1) is 6.38. The summed E-state index contributed by atoms with van der Waals surface area (Å²) in [7, 11) is 0. The minimum absolute atomic E-state index is 0.108. The van der Waals surface area contributed by atoms with Crippen molar-refractivity contribution in [1.82, 2.24) is 0 Å². The van der Waals surface area contributed by atoms with E-state index in [0.29, 0.717) is 6.61 Å². The van der Waals surface area contributed by atoms with E-state index in [9.17, 15) is 4.79 Å². The van der Waals surface area contributed by atoms with Crippen LogP contribution in [0.25, 0.3) is 0 Å². The van der Waals surface area contributed by atoms with Crippen molar-refractivity contribution in [2.24, 2.45) is 5.92 Å². The molecule has 0 aromatic heterocycles. The number of Topliss-reactive ketones (excluding diaryl/α,β-unsaturated/α-hetero) is 1. The molecule has 2 rings (SSSR count). The second-order valence-electron chi connectivity index (χ2n) is 3.82. The number of ether oxygens (including phenoxy) is 2. The normalized spacial score (nSPS) is 34.8. The summed E-state index contributed by atoms with van der Waals surface area (Å²) in [5, 5.41) is 0. The third kappa shape index (κ3) is 2.09. The van der Waals surface area contributed by atoms with Gasteiger partial charge in [0.25, 0.3) is 0 Å². The lowest BCUT2D eigenvalue weighted by atomic mass is 9.93. The molecule has 0 spiro atoms. The largest absolute Gasteiger partial charge is 0.381 e. The summed E-state index contributed by atoms with van der Waals surface area (Å²) in [6.07, 6.45) is 3.83. The first kappa shape index (κ1) is 9.16. The van der Waals surface area contributed by atoms with E-state index in [1.54, 1.807) is 0 Å². The smallest absolute Gasteiger partial charge is 0.166 e. The Morgan fingerprint density at radius 2 is 2.00 bits per heavy atom. The van der Waals surface area contributed by atoms with Gasteiger partial charge >= 0.3 is 0 Å². The van der Waals surface area contributed by atoms with Crippen molar-refractivity contribution in [3.8, 4) is 0 Å². The molecule has 0 amide bonds. The van der Waals surface area contributed by atoms with Gasteiger partial charge in [0.2, 0.25) is 0 Å². The fourth-order valence-corrected chi connectivity index (χ4v) is 2.03. The van der Waals surface area contributed by atoms with Gasteiger partial charge in [0.1, 0.15) is 6.10 Å². The molecule has 2 heterocycles. The van der Waals surface area contributed by atoms with Gasteiger partial charge in [-0.05, 0) is 25.7 Å². The lowest BCUT2D eigenvalue weighted by molar-refractivity contribution is -0.135. The Balaban J connectivity index is 1.87. The molecule has 2 aliphatic heterocycles. The standard InChI is InChI=1S/C10H16O3/c11-10(9-4-2-6-13-9)8-3-1-5-12-7-8/h8-9H,1-7H2. The Bertz CT molecular complexity index is 179. The van der Waals surface area contributed by atoms with Gasteiger partial charge in [-0.25, -0.2) is 0 Å². The first-order valence-corrected chi connectivity index (χ1v) is 5.11. The van der Waals surface area contributed by atoms with E-state index in [1.807, 2.05) is 0 Å². The number of carbonyl (C=O) groups is 1. The number of carbonyl (C=O) groups excluding carboxylic acids is 1. The Kier molecular flexibility index (Phi) is 2.96. The van der Waals surface area contributed by atoms with Gasteiger partial charge in [-0.2, -0.15) is 0 Å². The molecular weight excluding hydrogens is 168 g/mol. The van der Waals surface area contributed by atoms with Crippen LogP contribution in [0.1, 0.15) is 25.7 Å². The summed E-state index contributed by atoms with van der Waals surface area (Å²) < 4.78 is 10.6. The maximum absolute atomic E-state index is 11.8. The van der Waals surface area contributed by atoms with Gasteiger partial charge in [-0.3, -0.25) is 4.79 Å². The number of rotatable bonds is 2. The van der Waals surface area contributed by atoms with Crippen LogP contribution in [0.2, 0.25) is 0 Å². The Morgan fingerprint density at radius 3 is 2.62 bits per heavy atom. The molecule has 0 aromatic rings. The lowest BCUT2D eigenvalue weighted by Crippen LogP contribution is -2.33. The maximum atomic E-state index is 11.8. The Hall–Kier alpha value is -0.410. The minimum Gasteiger partial charge on any atom is -0.381 e. The highest BCUT2D eigenvalue weighted by atomic mass is 16.5. The van der Waals surface area contributed by atoms with Gasteiger partial charge < -0.3 is 9.47 Å². The van der Waals surface area contributed by atoms with E-state index in [0.717, 1.165) is 38.9 Å². The zero-order valence-electron chi connectivity index (χ0n) is 7.83. The molecule has 3 nitrogen and oxygen atoms in total. The second kappa shape index (κ2) is 4.20. The Labute approximate surface area is 78.4 Å². The highest BCUT2D eigenvalue weighted by Gasteiger charge is 2.31. The first-order valence-electron chi connectivity index (χ1n) is 5.11. The molecule has 2 fully saturated rings. The highest BCUT2D eigenvalue weighted by Crippen LogP contribution is 2.22. The summed E-state index contributed by atoms with van der Waals surface area (Å²) in [5.74, 6) is 0.383. The summed E-state index contributed by atoms with van der Waals surface area (Å²) in [6, 6.07) is 0. The fraction of sp³-hybridized carbons (Fsp3) is 0.900. The monoisotopic (exact) mass is 184 g/mol. The molecular formula is C10H16O3. The van der Waals surface area contributed by atoms with E-state index in [2.05, 4.69) is 0 Å². The van der Waals surface area contributed by atoms with Gasteiger partial charge in [0, 0.05) is 19.1 Å². The highest BCUT2D eigenvalue weighted by molar-refractivity contribution is 5.85. The molecule has 13 heavy (non-hydrogen) atoms. The van der Waals surface area contributed by atoms with Gasteiger partial charge in [0.05, 0.1) is 6.61 Å². The van der Waals surface area contributed by atoms with Crippen LogP contribution < -0.4 is 0 Å². The molecule has 0 saturated carbocycles. The number of hydrogen-bond donors (Lipinski definition) is 0. The number of hydrogen-bond acceptors (Lipinski definition) is 3. The quantitative estimate of drug-likeness (QED) is 0.646. The average molecular weight is 184 g/mol. The summed E-state index contributed by atoms with van der Waals surface area (Å²) >= 11 is 0. The zero-order valence-corrected chi connectivity index (χ0v) is 7.83. The molecule has 2 unspecified atom stereocenters. The third-order valence-corrected chi connectivity index (χ3v) is 2.81. The van der Waals surface area contributed by atoms with Gasteiger partial charge in [0.15, 0.2) is 5.78 Å². The lowest BCUT2D eigenvalue weighted by Gasteiger charge is -2.22. The van der Waals surface area contributed by atoms with Crippen LogP contribution in [0.5, 0.6) is 0 Å². The van der Waals surface area contributed by atoms with Crippen molar-refractivity contribution in [2.45, 2.75) is 31.8 Å². The third-order valence-electron chi connectivity index (χ3n) is 2.81. The van der Waals surface area contributed by atoms with Crippen molar-refractivity contribution in [3.63, 3.8) is 0 Å². The Morgan fingerprint density at radius 1 is 1.15 bits per heavy atom. The molecule has 0 bridgehead atoms. The van der Waals surface area contributed by atoms with Crippen molar-refractivity contribution in [2.75, 3.05) is 19.8 Å². The van der Waals surface area contributed by atoms with Crippen molar-refractivity contribution < 1.29 is 14.3 Å². The molecule has 2 aliphatic rings. The van der Waals surface area contributed by atoms with Crippen LogP contribution in [0.3, 0.4) is 0 Å². The van der Waals surface area contributed by atoms with Crippen LogP contribution in [0.15, 0.2) is 0 Å². The van der Waals surface area contributed by atoms with E-state index < -0.39 is 0 Å². The van der Waals surface area contributed by atoms with Gasteiger partial charge in [-0.1, -0.05) is 0 Å². The summed E-state index contributed by atoms with van der Waals surface area (Å²) in [4.78, 5) is 11.8. The van der Waals surface area contributed by atoms with Crippen molar-refractivity contribution >= 4 is 5.78 Å². The molecule has 0 radical (unpaired) electrons. The molecule has 0 aliphatic carbocycles. The van der Waals surface area contributed by atoms with E-state index in [4.69, 9.17) is 9.47 Å².